The van der Waals surface area contributed by atoms with E-state index in [-0.39, 0.29) is 18.5 Å². The minimum atomic E-state index is -0.978. The maximum atomic E-state index is 12.0. The summed E-state index contributed by atoms with van der Waals surface area (Å²) in [7, 11) is 0. The maximum absolute atomic E-state index is 12.0. The van der Waals surface area contributed by atoms with Gasteiger partial charge in [-0.05, 0) is 35.3 Å². The summed E-state index contributed by atoms with van der Waals surface area (Å²) >= 11 is 3.22. The van der Waals surface area contributed by atoms with Crippen LogP contribution in [0.25, 0.3) is 0 Å². The molecule has 0 aliphatic heterocycles. The number of carboxylic acids is 1. The second-order valence-corrected chi connectivity index (χ2v) is 5.76. The number of aliphatic carboxylic acids is 1. The van der Waals surface area contributed by atoms with Crippen molar-refractivity contribution in [1.29, 1.82) is 0 Å². The summed E-state index contributed by atoms with van der Waals surface area (Å²) in [5.41, 5.74) is -1.11. The molecule has 110 valence electrons. The Kier molecular flexibility index (Phi) is 5.50. The molecule has 0 aliphatic carbocycles. The number of pyridine rings is 1. The van der Waals surface area contributed by atoms with Crippen LogP contribution in [0.15, 0.2) is 27.6 Å². The predicted molar refractivity (Wildman–Crippen MR) is 77.5 cm³/mol. The number of rotatable bonds is 6. The number of halogens is 1. The Labute approximate surface area is 124 Å². The molecule has 0 fully saturated rings. The van der Waals surface area contributed by atoms with Crippen molar-refractivity contribution in [3.8, 4) is 0 Å². The molecule has 1 atom stereocenters. The molecule has 0 radical (unpaired) electrons. The molecule has 0 saturated heterocycles. The van der Waals surface area contributed by atoms with Crippen molar-refractivity contribution >= 4 is 27.8 Å². The monoisotopic (exact) mass is 344 g/mol. The summed E-state index contributed by atoms with van der Waals surface area (Å²) in [6.07, 6.45) is 1.84. The van der Waals surface area contributed by atoms with Crippen LogP contribution in [0.3, 0.4) is 0 Å². The van der Waals surface area contributed by atoms with Gasteiger partial charge in [-0.15, -0.1) is 0 Å². The minimum Gasteiger partial charge on any atom is -0.481 e. The fourth-order valence-corrected chi connectivity index (χ4v) is 2.13. The standard InChI is InChI=1S/C13H17BrN2O4/c1-3-13(2,6-12(19)20)15-10(17)8-16-7-9(14)4-5-11(16)18/h4-5,7H,3,6,8H2,1-2H3,(H,15,17)(H,19,20)/t13-/m0/s1. The number of carboxylic acid groups (broad SMARTS) is 1. The van der Waals surface area contributed by atoms with Crippen molar-refractivity contribution in [2.45, 2.75) is 38.8 Å². The van der Waals surface area contributed by atoms with Crippen molar-refractivity contribution in [2.75, 3.05) is 0 Å². The molecule has 7 heteroatoms. The van der Waals surface area contributed by atoms with E-state index < -0.39 is 17.4 Å². The highest BCUT2D eigenvalue weighted by Gasteiger charge is 2.27. The van der Waals surface area contributed by atoms with Crippen LogP contribution < -0.4 is 10.9 Å². The molecular weight excluding hydrogens is 328 g/mol. The summed E-state index contributed by atoms with van der Waals surface area (Å²) in [5, 5.41) is 11.5. The highest BCUT2D eigenvalue weighted by molar-refractivity contribution is 9.10. The Morgan fingerprint density at radius 1 is 1.45 bits per heavy atom. The molecule has 1 aromatic heterocycles. The molecule has 1 aromatic rings. The maximum Gasteiger partial charge on any atom is 0.305 e. The van der Waals surface area contributed by atoms with E-state index in [1.165, 1.54) is 16.8 Å². The van der Waals surface area contributed by atoms with E-state index in [2.05, 4.69) is 21.2 Å². The molecule has 1 heterocycles. The summed E-state index contributed by atoms with van der Waals surface area (Å²) in [5.74, 6) is -1.37. The first-order valence-corrected chi connectivity index (χ1v) is 6.94. The van der Waals surface area contributed by atoms with E-state index in [4.69, 9.17) is 5.11 Å². The van der Waals surface area contributed by atoms with E-state index in [1.807, 2.05) is 0 Å². The first kappa shape index (κ1) is 16.4. The number of aromatic nitrogens is 1. The summed E-state index contributed by atoms with van der Waals surface area (Å²) in [4.78, 5) is 34.3. The fraction of sp³-hybridized carbons (Fsp3) is 0.462. The Hall–Kier alpha value is -1.63. The van der Waals surface area contributed by atoms with Gasteiger partial charge >= 0.3 is 5.97 Å². The van der Waals surface area contributed by atoms with E-state index >= 15 is 0 Å². The van der Waals surface area contributed by atoms with Gasteiger partial charge in [0.25, 0.3) is 5.56 Å². The quantitative estimate of drug-likeness (QED) is 0.815. The van der Waals surface area contributed by atoms with Gasteiger partial charge in [-0.3, -0.25) is 14.4 Å². The van der Waals surface area contributed by atoms with Crippen LogP contribution >= 0.6 is 15.9 Å². The zero-order valence-electron chi connectivity index (χ0n) is 11.4. The topological polar surface area (TPSA) is 88.4 Å². The van der Waals surface area contributed by atoms with Gasteiger partial charge in [0.1, 0.15) is 6.54 Å². The van der Waals surface area contributed by atoms with Gasteiger partial charge in [0.15, 0.2) is 0 Å². The fourth-order valence-electron chi connectivity index (χ4n) is 1.75. The molecule has 0 aliphatic rings. The molecule has 0 bridgehead atoms. The Morgan fingerprint density at radius 2 is 2.10 bits per heavy atom. The van der Waals surface area contributed by atoms with E-state index in [0.717, 1.165) is 0 Å². The number of hydrogen-bond donors (Lipinski definition) is 2. The lowest BCUT2D eigenvalue weighted by molar-refractivity contribution is -0.139. The zero-order valence-corrected chi connectivity index (χ0v) is 12.9. The third-order valence-electron chi connectivity index (χ3n) is 3.02. The molecule has 0 saturated carbocycles. The van der Waals surface area contributed by atoms with Crippen molar-refractivity contribution < 1.29 is 14.7 Å². The molecule has 6 nitrogen and oxygen atoms in total. The van der Waals surface area contributed by atoms with Crippen LogP contribution in [0.2, 0.25) is 0 Å². The number of carbonyl (C=O) groups excluding carboxylic acids is 1. The molecule has 20 heavy (non-hydrogen) atoms. The van der Waals surface area contributed by atoms with Gasteiger partial charge in [-0.1, -0.05) is 6.92 Å². The average Bonchev–Trinajstić information content (AvgIpc) is 2.32. The molecule has 2 N–H and O–H groups in total. The van der Waals surface area contributed by atoms with Crippen molar-refractivity contribution in [1.82, 2.24) is 9.88 Å². The third kappa shape index (κ3) is 4.80. The minimum absolute atomic E-state index is 0.145. The highest BCUT2D eigenvalue weighted by Crippen LogP contribution is 2.14. The lowest BCUT2D eigenvalue weighted by atomic mass is 9.94. The number of nitrogens with one attached hydrogen (secondary N) is 1. The van der Waals surface area contributed by atoms with Crippen molar-refractivity contribution in [2.24, 2.45) is 0 Å². The Balaban J connectivity index is 2.78. The van der Waals surface area contributed by atoms with Gasteiger partial charge in [-0.2, -0.15) is 0 Å². The molecular formula is C13H17BrN2O4. The highest BCUT2D eigenvalue weighted by atomic mass is 79.9. The summed E-state index contributed by atoms with van der Waals surface area (Å²) < 4.78 is 1.95. The lowest BCUT2D eigenvalue weighted by Gasteiger charge is -2.28. The first-order chi connectivity index (χ1) is 9.25. The Bertz CT molecular complexity index is 570. The van der Waals surface area contributed by atoms with E-state index in [0.29, 0.717) is 10.9 Å². The van der Waals surface area contributed by atoms with Crippen LogP contribution in [0.4, 0.5) is 0 Å². The largest absolute Gasteiger partial charge is 0.481 e. The third-order valence-corrected chi connectivity index (χ3v) is 3.49. The van der Waals surface area contributed by atoms with Crippen LogP contribution in [-0.2, 0) is 16.1 Å². The van der Waals surface area contributed by atoms with Crippen LogP contribution in [-0.4, -0.2) is 27.1 Å². The van der Waals surface area contributed by atoms with Gasteiger partial charge in [0.2, 0.25) is 5.91 Å². The molecule has 0 aromatic carbocycles. The zero-order chi connectivity index (χ0) is 15.3. The number of hydrogen-bond acceptors (Lipinski definition) is 3. The van der Waals surface area contributed by atoms with Crippen molar-refractivity contribution in [3.63, 3.8) is 0 Å². The van der Waals surface area contributed by atoms with E-state index in [1.54, 1.807) is 19.9 Å². The SMILES string of the molecule is CC[C@@](C)(CC(=O)O)NC(=O)Cn1cc(Br)ccc1=O. The van der Waals surface area contributed by atoms with Gasteiger partial charge in [-0.25, -0.2) is 0 Å². The molecule has 0 unspecified atom stereocenters. The van der Waals surface area contributed by atoms with Gasteiger partial charge in [0.05, 0.1) is 6.42 Å². The number of amides is 1. The smallest absolute Gasteiger partial charge is 0.305 e. The number of nitrogens with zero attached hydrogens (tertiary/aromatic N) is 1. The van der Waals surface area contributed by atoms with Gasteiger partial charge < -0.3 is 15.0 Å². The van der Waals surface area contributed by atoms with Gasteiger partial charge in [0, 0.05) is 22.3 Å². The Morgan fingerprint density at radius 3 is 2.65 bits per heavy atom. The van der Waals surface area contributed by atoms with Crippen molar-refractivity contribution in [3.05, 3.63) is 33.2 Å². The number of carbonyl (C=O) groups is 2. The average molecular weight is 345 g/mol. The van der Waals surface area contributed by atoms with E-state index in [9.17, 15) is 14.4 Å². The molecule has 1 rings (SSSR count). The van der Waals surface area contributed by atoms with Crippen LogP contribution in [0, 0.1) is 0 Å². The molecule has 1 amide bonds. The normalized spacial score (nSPS) is 13.6. The van der Waals surface area contributed by atoms with Crippen LogP contribution in [0.1, 0.15) is 26.7 Å². The second kappa shape index (κ2) is 6.69. The summed E-state index contributed by atoms with van der Waals surface area (Å²) in [6, 6.07) is 2.95. The first-order valence-electron chi connectivity index (χ1n) is 6.14. The van der Waals surface area contributed by atoms with Crippen LogP contribution in [0.5, 0.6) is 0 Å². The second-order valence-electron chi connectivity index (χ2n) is 4.85. The lowest BCUT2D eigenvalue weighted by Crippen LogP contribution is -2.48. The predicted octanol–water partition coefficient (Wildman–Crippen LogP) is 1.37. The molecule has 0 spiro atoms. The summed E-state index contributed by atoms with van der Waals surface area (Å²) in [6.45, 7) is 3.32.